The van der Waals surface area contributed by atoms with Crippen molar-refractivity contribution < 1.29 is 9.53 Å². The van der Waals surface area contributed by atoms with Crippen LogP contribution < -0.4 is 5.32 Å². The second-order valence-corrected chi connectivity index (χ2v) is 4.87. The van der Waals surface area contributed by atoms with E-state index in [9.17, 15) is 4.79 Å². The quantitative estimate of drug-likeness (QED) is 0.786. The van der Waals surface area contributed by atoms with Crippen LogP contribution in [-0.2, 0) is 4.74 Å². The highest BCUT2D eigenvalue weighted by Crippen LogP contribution is 2.19. The molecule has 3 nitrogen and oxygen atoms in total. The third kappa shape index (κ3) is 3.57. The fourth-order valence-corrected chi connectivity index (χ4v) is 1.30. The molecule has 0 atom stereocenters. The van der Waals surface area contributed by atoms with Crippen molar-refractivity contribution in [2.45, 2.75) is 40.2 Å². The Morgan fingerprint density at radius 2 is 1.88 bits per heavy atom. The first kappa shape index (κ1) is 12.6. The molecule has 1 aromatic carbocycles. The van der Waals surface area contributed by atoms with Crippen LogP contribution >= 0.6 is 0 Å². The lowest BCUT2D eigenvalue weighted by molar-refractivity contribution is 0.0636. The van der Waals surface area contributed by atoms with Crippen molar-refractivity contribution >= 4 is 11.8 Å². The SMILES string of the molecule is Cc1cccc(NC(=O)OC(C)(C)C)c1C. The lowest BCUT2D eigenvalue weighted by Crippen LogP contribution is -2.27. The van der Waals surface area contributed by atoms with Crippen LogP contribution in [0.5, 0.6) is 0 Å². The van der Waals surface area contributed by atoms with Crippen molar-refractivity contribution in [3.63, 3.8) is 0 Å². The minimum Gasteiger partial charge on any atom is -0.444 e. The molecule has 3 heteroatoms. The molecule has 0 unspecified atom stereocenters. The van der Waals surface area contributed by atoms with Gasteiger partial charge in [-0.25, -0.2) is 4.79 Å². The van der Waals surface area contributed by atoms with Crippen molar-refractivity contribution in [1.29, 1.82) is 0 Å². The highest BCUT2D eigenvalue weighted by molar-refractivity contribution is 5.86. The molecule has 16 heavy (non-hydrogen) atoms. The van der Waals surface area contributed by atoms with Gasteiger partial charge in [0, 0.05) is 5.69 Å². The Bertz CT molecular complexity index is 391. The lowest BCUT2D eigenvalue weighted by Gasteiger charge is -2.20. The van der Waals surface area contributed by atoms with Gasteiger partial charge >= 0.3 is 6.09 Å². The number of benzene rings is 1. The molecular weight excluding hydrogens is 202 g/mol. The van der Waals surface area contributed by atoms with E-state index in [2.05, 4.69) is 5.32 Å². The van der Waals surface area contributed by atoms with Crippen molar-refractivity contribution in [1.82, 2.24) is 0 Å². The third-order valence-corrected chi connectivity index (χ3v) is 2.24. The van der Waals surface area contributed by atoms with Crippen LogP contribution in [0.2, 0.25) is 0 Å². The van der Waals surface area contributed by atoms with Crippen LogP contribution in [0.25, 0.3) is 0 Å². The topological polar surface area (TPSA) is 38.3 Å². The van der Waals surface area contributed by atoms with Crippen molar-refractivity contribution in [3.05, 3.63) is 29.3 Å². The summed E-state index contributed by atoms with van der Waals surface area (Å²) in [5.41, 5.74) is 2.54. The fourth-order valence-electron chi connectivity index (χ4n) is 1.30. The second kappa shape index (κ2) is 4.56. The molecule has 0 heterocycles. The summed E-state index contributed by atoms with van der Waals surface area (Å²) in [5.74, 6) is 0. The van der Waals surface area contributed by atoms with E-state index in [1.54, 1.807) is 0 Å². The molecule has 0 fully saturated rings. The van der Waals surface area contributed by atoms with Gasteiger partial charge in [-0.2, -0.15) is 0 Å². The standard InChI is InChI=1S/C13H19NO2/c1-9-7-6-8-11(10(9)2)14-12(15)16-13(3,4)5/h6-8H,1-5H3,(H,14,15). The van der Waals surface area contributed by atoms with Crippen LogP contribution in [0.4, 0.5) is 10.5 Å². The normalized spacial score (nSPS) is 11.1. The molecule has 0 aliphatic carbocycles. The van der Waals surface area contributed by atoms with E-state index in [-0.39, 0.29) is 0 Å². The first-order chi connectivity index (χ1) is 7.29. The molecule has 1 amide bonds. The summed E-state index contributed by atoms with van der Waals surface area (Å²) in [6.07, 6.45) is -0.416. The maximum Gasteiger partial charge on any atom is 0.412 e. The number of ether oxygens (including phenoxy) is 1. The summed E-state index contributed by atoms with van der Waals surface area (Å²) in [5, 5.41) is 2.75. The van der Waals surface area contributed by atoms with E-state index in [1.165, 1.54) is 0 Å². The van der Waals surface area contributed by atoms with Crippen LogP contribution in [-0.4, -0.2) is 11.7 Å². The molecule has 0 aromatic heterocycles. The second-order valence-electron chi connectivity index (χ2n) is 4.87. The summed E-state index contributed by atoms with van der Waals surface area (Å²) >= 11 is 0. The summed E-state index contributed by atoms with van der Waals surface area (Å²) < 4.78 is 5.19. The molecule has 0 saturated heterocycles. The van der Waals surface area contributed by atoms with Gasteiger partial charge in [0.1, 0.15) is 5.60 Å². The summed E-state index contributed by atoms with van der Waals surface area (Å²) in [4.78, 5) is 11.6. The van der Waals surface area contributed by atoms with E-state index < -0.39 is 11.7 Å². The van der Waals surface area contributed by atoms with E-state index in [4.69, 9.17) is 4.74 Å². The minimum absolute atomic E-state index is 0.416. The number of rotatable bonds is 1. The smallest absolute Gasteiger partial charge is 0.412 e. The monoisotopic (exact) mass is 221 g/mol. The Balaban J connectivity index is 2.74. The van der Waals surface area contributed by atoms with Gasteiger partial charge in [-0.05, 0) is 51.8 Å². The van der Waals surface area contributed by atoms with Gasteiger partial charge in [-0.3, -0.25) is 5.32 Å². The van der Waals surface area contributed by atoms with Crippen LogP contribution in [0.15, 0.2) is 18.2 Å². The molecule has 0 bridgehead atoms. The maximum absolute atomic E-state index is 11.6. The third-order valence-electron chi connectivity index (χ3n) is 2.24. The van der Waals surface area contributed by atoms with E-state index in [0.29, 0.717) is 0 Å². The average Bonchev–Trinajstić information content (AvgIpc) is 2.09. The predicted molar refractivity (Wildman–Crippen MR) is 65.8 cm³/mol. The first-order valence-electron chi connectivity index (χ1n) is 5.36. The van der Waals surface area contributed by atoms with Gasteiger partial charge in [0.05, 0.1) is 0 Å². The van der Waals surface area contributed by atoms with Crippen molar-refractivity contribution in [2.24, 2.45) is 0 Å². The number of anilines is 1. The first-order valence-corrected chi connectivity index (χ1v) is 5.36. The van der Waals surface area contributed by atoms with Crippen molar-refractivity contribution in [2.75, 3.05) is 5.32 Å². The van der Waals surface area contributed by atoms with Crippen LogP contribution in [0, 0.1) is 13.8 Å². The van der Waals surface area contributed by atoms with Gasteiger partial charge in [-0.1, -0.05) is 12.1 Å². The molecule has 1 rings (SSSR count). The highest BCUT2D eigenvalue weighted by atomic mass is 16.6. The highest BCUT2D eigenvalue weighted by Gasteiger charge is 2.16. The number of amides is 1. The molecule has 0 radical (unpaired) electrons. The molecule has 0 aliphatic heterocycles. The number of nitrogens with one attached hydrogen (secondary N) is 1. The Morgan fingerprint density at radius 1 is 1.25 bits per heavy atom. The molecular formula is C13H19NO2. The van der Waals surface area contributed by atoms with Gasteiger partial charge in [-0.15, -0.1) is 0 Å². The molecule has 1 aromatic rings. The minimum atomic E-state index is -0.470. The molecule has 0 spiro atoms. The summed E-state index contributed by atoms with van der Waals surface area (Å²) in [7, 11) is 0. The largest absolute Gasteiger partial charge is 0.444 e. The zero-order valence-corrected chi connectivity index (χ0v) is 10.5. The Kier molecular flexibility index (Phi) is 3.58. The number of hydrogen-bond donors (Lipinski definition) is 1. The lowest BCUT2D eigenvalue weighted by atomic mass is 10.1. The zero-order valence-electron chi connectivity index (χ0n) is 10.5. The molecule has 88 valence electrons. The van der Waals surface area contributed by atoms with Crippen LogP contribution in [0.1, 0.15) is 31.9 Å². The molecule has 1 N–H and O–H groups in total. The van der Waals surface area contributed by atoms with E-state index in [1.807, 2.05) is 52.8 Å². The van der Waals surface area contributed by atoms with Gasteiger partial charge < -0.3 is 4.74 Å². The summed E-state index contributed by atoms with van der Waals surface area (Å²) in [6.45, 7) is 9.51. The number of hydrogen-bond acceptors (Lipinski definition) is 2. The van der Waals surface area contributed by atoms with E-state index in [0.717, 1.165) is 16.8 Å². The predicted octanol–water partition coefficient (Wildman–Crippen LogP) is 3.65. The average molecular weight is 221 g/mol. The Morgan fingerprint density at radius 3 is 2.44 bits per heavy atom. The molecule has 0 saturated carbocycles. The van der Waals surface area contributed by atoms with Gasteiger partial charge in [0.25, 0.3) is 0 Å². The Labute approximate surface area is 96.8 Å². The number of aryl methyl sites for hydroxylation is 1. The van der Waals surface area contributed by atoms with Crippen molar-refractivity contribution in [3.8, 4) is 0 Å². The Hall–Kier alpha value is -1.51. The van der Waals surface area contributed by atoms with E-state index >= 15 is 0 Å². The number of carbonyl (C=O) groups excluding carboxylic acids is 1. The van der Waals surface area contributed by atoms with Crippen LogP contribution in [0.3, 0.4) is 0 Å². The fraction of sp³-hybridized carbons (Fsp3) is 0.462. The van der Waals surface area contributed by atoms with Gasteiger partial charge in [0.2, 0.25) is 0 Å². The summed E-state index contributed by atoms with van der Waals surface area (Å²) in [6, 6.07) is 5.79. The van der Waals surface area contributed by atoms with Gasteiger partial charge in [0.15, 0.2) is 0 Å². The molecule has 0 aliphatic rings. The number of carbonyl (C=O) groups is 1. The maximum atomic E-state index is 11.6. The zero-order chi connectivity index (χ0) is 12.3.